The van der Waals surface area contributed by atoms with E-state index >= 15 is 0 Å². The molecule has 1 unspecified atom stereocenters. The topological polar surface area (TPSA) is 59.6 Å². The molecule has 1 aliphatic rings. The van der Waals surface area contributed by atoms with Crippen LogP contribution in [0, 0.1) is 5.92 Å². The lowest BCUT2D eigenvalue weighted by Crippen LogP contribution is -2.23. The summed E-state index contributed by atoms with van der Waals surface area (Å²) in [7, 11) is 1.65. The molecule has 0 saturated carbocycles. The second-order valence-electron chi connectivity index (χ2n) is 5.66. The van der Waals surface area contributed by atoms with Gasteiger partial charge in [0, 0.05) is 20.1 Å². The number of carbonyl (C=O) groups is 1. The maximum atomic E-state index is 11.8. The van der Waals surface area contributed by atoms with Gasteiger partial charge in [-0.25, -0.2) is 0 Å². The van der Waals surface area contributed by atoms with Crippen molar-refractivity contribution < 1.29 is 14.3 Å². The van der Waals surface area contributed by atoms with Crippen molar-refractivity contribution in [2.75, 3.05) is 33.4 Å². The van der Waals surface area contributed by atoms with Gasteiger partial charge in [0.1, 0.15) is 12.4 Å². The number of hydrogen-bond acceptors (Lipinski definition) is 4. The van der Waals surface area contributed by atoms with Crippen LogP contribution in [0.4, 0.5) is 0 Å². The molecule has 1 atom stereocenters. The normalized spacial score (nSPS) is 16.7. The number of benzene rings is 1. The van der Waals surface area contributed by atoms with Gasteiger partial charge in [0.25, 0.3) is 0 Å². The lowest BCUT2D eigenvalue weighted by molar-refractivity contribution is -0.121. The van der Waals surface area contributed by atoms with E-state index in [1.165, 1.54) is 6.42 Å². The Morgan fingerprint density at radius 2 is 2.09 bits per heavy atom. The molecule has 0 aliphatic carbocycles. The summed E-state index contributed by atoms with van der Waals surface area (Å²) in [5, 5.41) is 6.30. The fraction of sp³-hybridized carbons (Fsp3) is 0.588. The first kappa shape index (κ1) is 19.7. The van der Waals surface area contributed by atoms with Crippen molar-refractivity contribution in [1.82, 2.24) is 10.6 Å². The Balaban J connectivity index is 0.00000264. The summed E-state index contributed by atoms with van der Waals surface area (Å²) in [5.41, 5.74) is 1.08. The van der Waals surface area contributed by atoms with Gasteiger partial charge in [-0.2, -0.15) is 0 Å². The van der Waals surface area contributed by atoms with Crippen molar-refractivity contribution in [3.8, 4) is 5.75 Å². The van der Waals surface area contributed by atoms with Crippen LogP contribution in [0.15, 0.2) is 24.3 Å². The van der Waals surface area contributed by atoms with Crippen LogP contribution in [0.3, 0.4) is 0 Å². The Hall–Kier alpha value is -1.30. The van der Waals surface area contributed by atoms with Crippen molar-refractivity contribution >= 4 is 18.3 Å². The summed E-state index contributed by atoms with van der Waals surface area (Å²) in [4.78, 5) is 11.8. The summed E-state index contributed by atoms with van der Waals surface area (Å²) in [6, 6.07) is 7.79. The fourth-order valence-electron chi connectivity index (χ4n) is 2.53. The van der Waals surface area contributed by atoms with Gasteiger partial charge in [-0.3, -0.25) is 4.79 Å². The van der Waals surface area contributed by atoms with Crippen molar-refractivity contribution in [3.05, 3.63) is 29.8 Å². The van der Waals surface area contributed by atoms with Crippen molar-refractivity contribution in [2.24, 2.45) is 5.92 Å². The Bertz CT molecular complexity index is 448. The summed E-state index contributed by atoms with van der Waals surface area (Å²) >= 11 is 0. The van der Waals surface area contributed by atoms with E-state index in [4.69, 9.17) is 9.47 Å². The molecule has 1 aromatic rings. The van der Waals surface area contributed by atoms with Gasteiger partial charge in [-0.1, -0.05) is 12.1 Å². The van der Waals surface area contributed by atoms with Crippen LogP contribution < -0.4 is 15.4 Å². The van der Waals surface area contributed by atoms with Crippen LogP contribution in [0.5, 0.6) is 5.75 Å². The van der Waals surface area contributed by atoms with E-state index in [0.717, 1.165) is 30.8 Å². The van der Waals surface area contributed by atoms with Gasteiger partial charge in [0.15, 0.2) is 0 Å². The molecule has 0 radical (unpaired) electrons. The molecule has 0 bridgehead atoms. The molecule has 0 spiro atoms. The van der Waals surface area contributed by atoms with Crippen molar-refractivity contribution in [3.63, 3.8) is 0 Å². The molecule has 1 fully saturated rings. The second-order valence-corrected chi connectivity index (χ2v) is 5.66. The molecule has 1 saturated heterocycles. The van der Waals surface area contributed by atoms with E-state index in [1.54, 1.807) is 7.11 Å². The Morgan fingerprint density at radius 1 is 1.30 bits per heavy atom. The third-order valence-electron chi connectivity index (χ3n) is 3.91. The largest absolute Gasteiger partial charge is 0.491 e. The molecule has 6 heteroatoms. The third-order valence-corrected chi connectivity index (χ3v) is 3.91. The minimum absolute atomic E-state index is 0. The molecule has 1 aromatic carbocycles. The Labute approximate surface area is 144 Å². The first-order chi connectivity index (χ1) is 10.8. The first-order valence-corrected chi connectivity index (χ1v) is 7.96. The smallest absolute Gasteiger partial charge is 0.220 e. The monoisotopic (exact) mass is 342 g/mol. The number of hydrogen-bond donors (Lipinski definition) is 2. The highest BCUT2D eigenvalue weighted by atomic mass is 35.5. The van der Waals surface area contributed by atoms with E-state index in [9.17, 15) is 4.79 Å². The van der Waals surface area contributed by atoms with Crippen molar-refractivity contribution in [2.45, 2.75) is 25.8 Å². The molecule has 130 valence electrons. The summed E-state index contributed by atoms with van der Waals surface area (Å²) in [5.74, 6) is 1.61. The predicted molar refractivity (Wildman–Crippen MR) is 93.1 cm³/mol. The van der Waals surface area contributed by atoms with Crippen LogP contribution in [0.2, 0.25) is 0 Å². The van der Waals surface area contributed by atoms with Crippen LogP contribution in [-0.2, 0) is 16.1 Å². The lowest BCUT2D eigenvalue weighted by atomic mass is 10.0. The molecule has 2 rings (SSSR count). The summed E-state index contributed by atoms with van der Waals surface area (Å²) in [6.45, 7) is 3.83. The molecule has 1 heterocycles. The maximum Gasteiger partial charge on any atom is 0.220 e. The van der Waals surface area contributed by atoms with Crippen molar-refractivity contribution in [1.29, 1.82) is 0 Å². The Kier molecular flexibility index (Phi) is 9.67. The summed E-state index contributed by atoms with van der Waals surface area (Å²) in [6.07, 6.45) is 2.79. The van der Waals surface area contributed by atoms with Gasteiger partial charge in [0.2, 0.25) is 5.91 Å². The van der Waals surface area contributed by atoms with E-state index in [2.05, 4.69) is 10.6 Å². The minimum atomic E-state index is 0. The van der Waals surface area contributed by atoms with Gasteiger partial charge >= 0.3 is 0 Å². The van der Waals surface area contributed by atoms with Gasteiger partial charge in [-0.15, -0.1) is 12.4 Å². The van der Waals surface area contributed by atoms with E-state index in [-0.39, 0.29) is 18.3 Å². The number of halogens is 1. The van der Waals surface area contributed by atoms with E-state index < -0.39 is 0 Å². The second kappa shape index (κ2) is 11.3. The van der Waals surface area contributed by atoms with Gasteiger partial charge in [-0.05, 0) is 49.5 Å². The number of methoxy groups -OCH3 is 1. The molecule has 23 heavy (non-hydrogen) atoms. The molecule has 0 aromatic heterocycles. The molecular weight excluding hydrogens is 316 g/mol. The highest BCUT2D eigenvalue weighted by Gasteiger charge is 2.15. The quantitative estimate of drug-likeness (QED) is 0.675. The molecule has 1 aliphatic heterocycles. The zero-order valence-electron chi connectivity index (χ0n) is 13.7. The molecule has 5 nitrogen and oxygen atoms in total. The highest BCUT2D eigenvalue weighted by Crippen LogP contribution is 2.14. The average Bonchev–Trinajstić information content (AvgIpc) is 3.06. The number of ether oxygens (including phenoxy) is 2. The van der Waals surface area contributed by atoms with Crippen LogP contribution in [-0.4, -0.2) is 39.3 Å². The third kappa shape index (κ3) is 7.68. The van der Waals surface area contributed by atoms with Gasteiger partial charge in [0.05, 0.1) is 6.61 Å². The van der Waals surface area contributed by atoms with E-state index in [1.807, 2.05) is 24.3 Å². The molecule has 2 N–H and O–H groups in total. The number of rotatable bonds is 9. The zero-order chi connectivity index (χ0) is 15.6. The zero-order valence-corrected chi connectivity index (χ0v) is 14.5. The molecule has 1 amide bonds. The number of carbonyl (C=O) groups excluding carboxylic acids is 1. The Morgan fingerprint density at radius 3 is 2.74 bits per heavy atom. The van der Waals surface area contributed by atoms with Crippen LogP contribution in [0.1, 0.15) is 24.8 Å². The minimum Gasteiger partial charge on any atom is -0.491 e. The predicted octanol–water partition coefficient (Wildman–Crippen LogP) is 2.14. The standard InChI is InChI=1S/C17H26N2O3.ClH/c1-21-10-11-22-16-5-2-14(3-6-16)13-19-17(20)7-4-15-8-9-18-12-15;/h2-3,5-6,15,18H,4,7-13H2,1H3,(H,19,20);1H. The highest BCUT2D eigenvalue weighted by molar-refractivity contribution is 5.85. The number of nitrogens with one attached hydrogen (secondary N) is 2. The molecular formula is C17H27ClN2O3. The maximum absolute atomic E-state index is 11.8. The summed E-state index contributed by atoms with van der Waals surface area (Å²) < 4.78 is 10.4. The SMILES string of the molecule is COCCOc1ccc(CNC(=O)CCC2CCNC2)cc1.Cl. The van der Waals surface area contributed by atoms with Crippen LogP contribution in [0.25, 0.3) is 0 Å². The average molecular weight is 343 g/mol. The lowest BCUT2D eigenvalue weighted by Gasteiger charge is -2.09. The van der Waals surface area contributed by atoms with Gasteiger partial charge < -0.3 is 20.1 Å². The first-order valence-electron chi connectivity index (χ1n) is 7.96. The number of amides is 1. The van der Waals surface area contributed by atoms with Crippen LogP contribution >= 0.6 is 12.4 Å². The van der Waals surface area contributed by atoms with E-state index in [0.29, 0.717) is 32.1 Å². The fourth-order valence-corrected chi connectivity index (χ4v) is 2.53.